The Bertz CT molecular complexity index is 202. The fraction of sp³-hybridized carbons (Fsp3) is 0.900. The number of aliphatic hydroxyl groups excluding tert-OH is 1. The molecule has 1 aliphatic carbocycles. The molecular formula is C10H20N2O2. The molecule has 1 unspecified atom stereocenters. The van der Waals surface area contributed by atoms with Crippen LogP contribution in [0.15, 0.2) is 0 Å². The molecule has 1 amide bonds. The van der Waals surface area contributed by atoms with E-state index in [4.69, 9.17) is 5.73 Å². The molecule has 0 heterocycles. The van der Waals surface area contributed by atoms with Crippen LogP contribution in [-0.4, -0.2) is 29.2 Å². The Hall–Kier alpha value is -0.610. The highest BCUT2D eigenvalue weighted by Gasteiger charge is 2.39. The standard InChI is InChI=1S/C10H20N2O2/c1-2-8(13)4-7-12-9(14)10(11)5-3-6-10/h8,13H,2-7,11H2,1H3,(H,12,14). The minimum atomic E-state index is -0.614. The van der Waals surface area contributed by atoms with Gasteiger partial charge in [0.25, 0.3) is 0 Å². The summed E-state index contributed by atoms with van der Waals surface area (Å²) in [6.07, 6.45) is 3.64. The predicted octanol–water partition coefficient (Wildman–Crippen LogP) is 0.145. The van der Waals surface area contributed by atoms with Crippen LogP contribution < -0.4 is 11.1 Å². The van der Waals surface area contributed by atoms with Crippen molar-refractivity contribution < 1.29 is 9.90 Å². The Morgan fingerprint density at radius 2 is 2.29 bits per heavy atom. The minimum Gasteiger partial charge on any atom is -0.393 e. The molecule has 0 aliphatic heterocycles. The quantitative estimate of drug-likeness (QED) is 0.591. The van der Waals surface area contributed by atoms with Gasteiger partial charge in [-0.25, -0.2) is 0 Å². The third-order valence-electron chi connectivity index (χ3n) is 2.93. The lowest BCUT2D eigenvalue weighted by molar-refractivity contribution is -0.129. The first-order valence-electron chi connectivity index (χ1n) is 5.34. The molecule has 1 fully saturated rings. The number of carbonyl (C=O) groups is 1. The maximum Gasteiger partial charge on any atom is 0.240 e. The number of rotatable bonds is 5. The fourth-order valence-corrected chi connectivity index (χ4v) is 1.52. The van der Waals surface area contributed by atoms with Crippen LogP contribution in [0.5, 0.6) is 0 Å². The average Bonchev–Trinajstić information content (AvgIpc) is 2.13. The monoisotopic (exact) mass is 200 g/mol. The first-order chi connectivity index (χ1) is 6.58. The number of amides is 1. The van der Waals surface area contributed by atoms with Gasteiger partial charge >= 0.3 is 0 Å². The summed E-state index contributed by atoms with van der Waals surface area (Å²) in [5, 5.41) is 12.0. The molecule has 0 saturated heterocycles. The highest BCUT2D eigenvalue weighted by atomic mass is 16.3. The number of hydrogen-bond acceptors (Lipinski definition) is 3. The van der Waals surface area contributed by atoms with Crippen LogP contribution in [0.2, 0.25) is 0 Å². The maximum atomic E-state index is 11.5. The summed E-state index contributed by atoms with van der Waals surface area (Å²) in [7, 11) is 0. The number of hydrogen-bond donors (Lipinski definition) is 3. The lowest BCUT2D eigenvalue weighted by atomic mass is 9.77. The van der Waals surface area contributed by atoms with Crippen molar-refractivity contribution in [3.63, 3.8) is 0 Å². The second-order valence-corrected chi connectivity index (χ2v) is 4.12. The number of aliphatic hydroxyl groups is 1. The zero-order valence-electron chi connectivity index (χ0n) is 8.75. The Morgan fingerprint density at radius 3 is 2.71 bits per heavy atom. The molecule has 14 heavy (non-hydrogen) atoms. The highest BCUT2D eigenvalue weighted by molar-refractivity contribution is 5.86. The normalized spacial score (nSPS) is 21.1. The van der Waals surface area contributed by atoms with E-state index in [9.17, 15) is 9.90 Å². The van der Waals surface area contributed by atoms with Crippen molar-refractivity contribution >= 4 is 5.91 Å². The third kappa shape index (κ3) is 2.69. The maximum absolute atomic E-state index is 11.5. The summed E-state index contributed by atoms with van der Waals surface area (Å²) in [6, 6.07) is 0. The molecule has 1 atom stereocenters. The number of nitrogens with two attached hydrogens (primary N) is 1. The second kappa shape index (κ2) is 4.75. The van der Waals surface area contributed by atoms with E-state index in [0.717, 1.165) is 25.7 Å². The van der Waals surface area contributed by atoms with E-state index in [1.165, 1.54) is 0 Å². The average molecular weight is 200 g/mol. The van der Waals surface area contributed by atoms with Crippen LogP contribution in [0.25, 0.3) is 0 Å². The van der Waals surface area contributed by atoms with Crippen LogP contribution in [-0.2, 0) is 4.79 Å². The van der Waals surface area contributed by atoms with Crippen molar-refractivity contribution in [3.05, 3.63) is 0 Å². The van der Waals surface area contributed by atoms with Gasteiger partial charge in [0.15, 0.2) is 0 Å². The fourth-order valence-electron chi connectivity index (χ4n) is 1.52. The first kappa shape index (κ1) is 11.5. The van der Waals surface area contributed by atoms with Gasteiger partial charge in [-0.2, -0.15) is 0 Å². The molecule has 82 valence electrons. The molecule has 1 saturated carbocycles. The lowest BCUT2D eigenvalue weighted by Gasteiger charge is -2.36. The van der Waals surface area contributed by atoms with Crippen LogP contribution in [0.4, 0.5) is 0 Å². The van der Waals surface area contributed by atoms with Gasteiger partial charge in [0, 0.05) is 6.54 Å². The SMILES string of the molecule is CCC(O)CCNC(=O)C1(N)CCC1. The lowest BCUT2D eigenvalue weighted by Crippen LogP contribution is -2.58. The second-order valence-electron chi connectivity index (χ2n) is 4.12. The molecule has 0 aromatic carbocycles. The van der Waals surface area contributed by atoms with Crippen molar-refractivity contribution in [1.82, 2.24) is 5.32 Å². The van der Waals surface area contributed by atoms with Gasteiger partial charge in [-0.3, -0.25) is 4.79 Å². The number of nitrogens with one attached hydrogen (secondary N) is 1. The molecule has 4 N–H and O–H groups in total. The summed E-state index contributed by atoms with van der Waals surface area (Å²) in [5.41, 5.74) is 5.21. The van der Waals surface area contributed by atoms with Crippen LogP contribution in [0, 0.1) is 0 Å². The van der Waals surface area contributed by atoms with E-state index >= 15 is 0 Å². The third-order valence-corrected chi connectivity index (χ3v) is 2.93. The topological polar surface area (TPSA) is 75.3 Å². The summed E-state index contributed by atoms with van der Waals surface area (Å²) < 4.78 is 0. The van der Waals surface area contributed by atoms with E-state index in [1.807, 2.05) is 6.92 Å². The number of carbonyl (C=O) groups excluding carboxylic acids is 1. The van der Waals surface area contributed by atoms with E-state index in [2.05, 4.69) is 5.32 Å². The van der Waals surface area contributed by atoms with E-state index < -0.39 is 5.54 Å². The molecule has 1 rings (SSSR count). The Labute approximate surface area is 84.9 Å². The molecule has 0 spiro atoms. The Balaban J connectivity index is 2.15. The molecule has 1 aliphatic rings. The largest absolute Gasteiger partial charge is 0.393 e. The van der Waals surface area contributed by atoms with Gasteiger partial charge in [0.05, 0.1) is 11.6 Å². The summed E-state index contributed by atoms with van der Waals surface area (Å²) in [6.45, 7) is 2.44. The van der Waals surface area contributed by atoms with Crippen LogP contribution >= 0.6 is 0 Å². The summed E-state index contributed by atoms with van der Waals surface area (Å²) in [4.78, 5) is 11.5. The smallest absolute Gasteiger partial charge is 0.240 e. The zero-order valence-corrected chi connectivity index (χ0v) is 8.75. The molecule has 4 heteroatoms. The molecule has 4 nitrogen and oxygen atoms in total. The van der Waals surface area contributed by atoms with Crippen molar-refractivity contribution in [3.8, 4) is 0 Å². The molecule has 0 bridgehead atoms. The van der Waals surface area contributed by atoms with Crippen molar-refractivity contribution in [2.24, 2.45) is 5.73 Å². The molecule has 0 aromatic rings. The van der Waals surface area contributed by atoms with Crippen LogP contribution in [0.1, 0.15) is 39.0 Å². The summed E-state index contributed by atoms with van der Waals surface area (Å²) >= 11 is 0. The minimum absolute atomic E-state index is 0.0629. The van der Waals surface area contributed by atoms with Gasteiger partial charge < -0.3 is 16.2 Å². The van der Waals surface area contributed by atoms with Gasteiger partial charge in [-0.05, 0) is 32.1 Å². The molecule has 0 aromatic heterocycles. The summed E-state index contributed by atoms with van der Waals surface area (Å²) in [5.74, 6) is -0.0629. The van der Waals surface area contributed by atoms with E-state index in [-0.39, 0.29) is 12.0 Å². The molecule has 0 radical (unpaired) electrons. The van der Waals surface area contributed by atoms with E-state index in [0.29, 0.717) is 13.0 Å². The van der Waals surface area contributed by atoms with Gasteiger partial charge in [0.2, 0.25) is 5.91 Å². The zero-order chi connectivity index (χ0) is 10.6. The van der Waals surface area contributed by atoms with Crippen molar-refractivity contribution in [2.45, 2.75) is 50.7 Å². The van der Waals surface area contributed by atoms with Crippen molar-refractivity contribution in [2.75, 3.05) is 6.54 Å². The Kier molecular flexibility index (Phi) is 3.89. The van der Waals surface area contributed by atoms with Crippen LogP contribution in [0.3, 0.4) is 0 Å². The van der Waals surface area contributed by atoms with Gasteiger partial charge in [-0.1, -0.05) is 6.92 Å². The predicted molar refractivity (Wildman–Crippen MR) is 54.7 cm³/mol. The van der Waals surface area contributed by atoms with Crippen molar-refractivity contribution in [1.29, 1.82) is 0 Å². The highest BCUT2D eigenvalue weighted by Crippen LogP contribution is 2.28. The Morgan fingerprint density at radius 1 is 1.64 bits per heavy atom. The van der Waals surface area contributed by atoms with Gasteiger partial charge in [0.1, 0.15) is 0 Å². The first-order valence-corrected chi connectivity index (χ1v) is 5.34. The van der Waals surface area contributed by atoms with Gasteiger partial charge in [-0.15, -0.1) is 0 Å². The molecular weight excluding hydrogens is 180 g/mol. The van der Waals surface area contributed by atoms with E-state index in [1.54, 1.807) is 0 Å².